The molecule has 2 heterocycles. The van der Waals surface area contributed by atoms with Crippen molar-refractivity contribution in [2.75, 3.05) is 0 Å². The van der Waals surface area contributed by atoms with Crippen LogP contribution in [0.5, 0.6) is 0 Å². The molecule has 2 aliphatic heterocycles. The largest absolute Gasteiger partial charge is 0.267 e. The van der Waals surface area contributed by atoms with Crippen LogP contribution in [-0.2, 0) is 25.3 Å². The van der Waals surface area contributed by atoms with E-state index in [0.29, 0.717) is 0 Å². The molecule has 1 aromatic rings. The Morgan fingerprint density at radius 3 is 2.07 bits per heavy atom. The third kappa shape index (κ3) is 1.05. The van der Waals surface area contributed by atoms with Crippen molar-refractivity contribution in [1.29, 1.82) is 0 Å². The SMILES string of the molecule is C[C@@H]1C2(C)OOC1(c1ccccc1)OO2. The van der Waals surface area contributed by atoms with Gasteiger partial charge in [-0.05, 0) is 6.92 Å². The Balaban J connectivity index is 2.07. The molecule has 0 unspecified atom stereocenters. The Hall–Kier alpha value is -0.940. The Morgan fingerprint density at radius 2 is 1.60 bits per heavy atom. The molecule has 15 heavy (non-hydrogen) atoms. The second-order valence-corrected chi connectivity index (χ2v) is 4.10. The lowest BCUT2D eigenvalue weighted by Crippen LogP contribution is -2.31. The van der Waals surface area contributed by atoms with Gasteiger partial charge < -0.3 is 0 Å². The Kier molecular flexibility index (Phi) is 1.73. The van der Waals surface area contributed by atoms with E-state index < -0.39 is 11.6 Å². The van der Waals surface area contributed by atoms with Crippen LogP contribution in [-0.4, -0.2) is 5.79 Å². The van der Waals surface area contributed by atoms with E-state index in [2.05, 4.69) is 0 Å². The van der Waals surface area contributed by atoms with Gasteiger partial charge >= 0.3 is 0 Å². The number of hydrogen-bond acceptors (Lipinski definition) is 4. The minimum atomic E-state index is -0.921. The van der Waals surface area contributed by atoms with Crippen LogP contribution < -0.4 is 0 Å². The summed E-state index contributed by atoms with van der Waals surface area (Å²) in [4.78, 5) is 20.9. The second-order valence-electron chi connectivity index (χ2n) is 4.10. The zero-order valence-electron chi connectivity index (χ0n) is 8.60. The first-order chi connectivity index (χ1) is 7.17. The normalized spacial score (nSPS) is 43.5. The van der Waals surface area contributed by atoms with Gasteiger partial charge in [0.15, 0.2) is 0 Å². The van der Waals surface area contributed by atoms with Crippen molar-refractivity contribution in [2.45, 2.75) is 25.4 Å². The minimum absolute atomic E-state index is 0.0209. The lowest BCUT2D eigenvalue weighted by Gasteiger charge is -2.24. The molecule has 3 rings (SSSR count). The fourth-order valence-corrected chi connectivity index (χ4v) is 1.97. The highest BCUT2D eigenvalue weighted by Crippen LogP contribution is 2.55. The van der Waals surface area contributed by atoms with E-state index in [9.17, 15) is 0 Å². The Labute approximate surface area is 87.6 Å². The highest BCUT2D eigenvalue weighted by atomic mass is 17.4. The molecule has 0 aliphatic carbocycles. The maximum absolute atomic E-state index is 5.29. The van der Waals surface area contributed by atoms with Crippen LogP contribution in [0, 0.1) is 5.92 Å². The minimum Gasteiger partial charge on any atom is -0.194 e. The van der Waals surface area contributed by atoms with Gasteiger partial charge in [0, 0.05) is 5.56 Å². The summed E-state index contributed by atoms with van der Waals surface area (Å²) in [5.41, 5.74) is 0.902. The lowest BCUT2D eigenvalue weighted by molar-refractivity contribution is -0.592. The standard InChI is InChI=1S/C11H12O4/c1-8-10(2)12-14-11(8,15-13-10)9-6-4-3-5-7-9/h3-8H,1-2H3/t8-,10?,11?/m1/s1. The first-order valence-electron chi connectivity index (χ1n) is 4.97. The van der Waals surface area contributed by atoms with E-state index in [-0.39, 0.29) is 5.92 Å². The molecule has 0 aromatic heterocycles. The quantitative estimate of drug-likeness (QED) is 0.662. The molecular weight excluding hydrogens is 196 g/mol. The van der Waals surface area contributed by atoms with E-state index in [0.717, 1.165) is 5.56 Å². The average molecular weight is 208 g/mol. The molecule has 0 N–H and O–H groups in total. The molecule has 2 saturated heterocycles. The van der Waals surface area contributed by atoms with Gasteiger partial charge in [0.2, 0.25) is 5.79 Å². The van der Waals surface area contributed by atoms with E-state index in [1.165, 1.54) is 0 Å². The summed E-state index contributed by atoms with van der Waals surface area (Å²) < 4.78 is 0. The summed E-state index contributed by atoms with van der Waals surface area (Å²) in [6.07, 6.45) is 0. The third-order valence-corrected chi connectivity index (χ3v) is 3.19. The topological polar surface area (TPSA) is 36.9 Å². The molecule has 0 radical (unpaired) electrons. The maximum Gasteiger partial charge on any atom is 0.267 e. The molecule has 4 heteroatoms. The highest BCUT2D eigenvalue weighted by Gasteiger charge is 2.67. The highest BCUT2D eigenvalue weighted by molar-refractivity contribution is 5.23. The number of fused-ring (bicyclic) bond motifs is 2. The first kappa shape index (κ1) is 9.30. The fourth-order valence-electron chi connectivity index (χ4n) is 1.97. The van der Waals surface area contributed by atoms with Crippen LogP contribution in [0.4, 0.5) is 0 Å². The molecular formula is C11H12O4. The van der Waals surface area contributed by atoms with Crippen molar-refractivity contribution < 1.29 is 19.6 Å². The monoisotopic (exact) mass is 208 g/mol. The lowest BCUT2D eigenvalue weighted by atomic mass is 9.89. The number of rotatable bonds is 1. The van der Waals surface area contributed by atoms with Crippen molar-refractivity contribution in [2.24, 2.45) is 5.92 Å². The van der Waals surface area contributed by atoms with Gasteiger partial charge in [-0.2, -0.15) is 19.6 Å². The van der Waals surface area contributed by atoms with Crippen molar-refractivity contribution in [1.82, 2.24) is 0 Å². The summed E-state index contributed by atoms with van der Waals surface area (Å²) in [7, 11) is 0. The smallest absolute Gasteiger partial charge is 0.194 e. The predicted molar refractivity (Wildman–Crippen MR) is 50.0 cm³/mol. The molecule has 1 aromatic carbocycles. The van der Waals surface area contributed by atoms with Gasteiger partial charge in [-0.3, -0.25) is 0 Å². The van der Waals surface area contributed by atoms with E-state index in [1.54, 1.807) is 6.92 Å². The zero-order chi connectivity index (χ0) is 10.5. The molecule has 2 bridgehead atoms. The molecule has 0 spiro atoms. The Bertz CT molecular complexity index is 367. The van der Waals surface area contributed by atoms with Crippen molar-refractivity contribution in [3.05, 3.63) is 35.9 Å². The van der Waals surface area contributed by atoms with E-state index >= 15 is 0 Å². The maximum atomic E-state index is 5.29. The second kappa shape index (κ2) is 2.80. The number of hydrogen-bond donors (Lipinski definition) is 0. The van der Waals surface area contributed by atoms with E-state index in [1.807, 2.05) is 37.3 Å². The molecule has 0 saturated carbocycles. The van der Waals surface area contributed by atoms with Crippen LogP contribution in [0.1, 0.15) is 19.4 Å². The average Bonchev–Trinajstić information content (AvgIpc) is 2.69. The first-order valence-corrected chi connectivity index (χ1v) is 4.97. The fraction of sp³-hybridized carbons (Fsp3) is 0.455. The molecule has 1 atom stereocenters. The zero-order valence-corrected chi connectivity index (χ0v) is 8.60. The Morgan fingerprint density at radius 1 is 1.00 bits per heavy atom. The van der Waals surface area contributed by atoms with Gasteiger partial charge in [0.05, 0.1) is 5.92 Å². The summed E-state index contributed by atoms with van der Waals surface area (Å²) >= 11 is 0. The van der Waals surface area contributed by atoms with Crippen LogP contribution in [0.25, 0.3) is 0 Å². The van der Waals surface area contributed by atoms with E-state index in [4.69, 9.17) is 19.6 Å². The van der Waals surface area contributed by atoms with Crippen molar-refractivity contribution >= 4 is 0 Å². The van der Waals surface area contributed by atoms with Gasteiger partial charge in [0.25, 0.3) is 5.79 Å². The van der Waals surface area contributed by atoms with Gasteiger partial charge in [-0.1, -0.05) is 37.3 Å². The van der Waals surface area contributed by atoms with Crippen LogP contribution >= 0.6 is 0 Å². The third-order valence-electron chi connectivity index (χ3n) is 3.19. The van der Waals surface area contributed by atoms with Crippen molar-refractivity contribution in [3.8, 4) is 0 Å². The molecule has 2 aliphatic rings. The number of benzene rings is 1. The van der Waals surface area contributed by atoms with Gasteiger partial charge in [0.1, 0.15) is 0 Å². The van der Waals surface area contributed by atoms with Gasteiger partial charge in [-0.25, -0.2) is 0 Å². The van der Waals surface area contributed by atoms with Crippen LogP contribution in [0.2, 0.25) is 0 Å². The molecule has 4 nitrogen and oxygen atoms in total. The molecule has 2 fully saturated rings. The van der Waals surface area contributed by atoms with Crippen LogP contribution in [0.15, 0.2) is 30.3 Å². The predicted octanol–water partition coefficient (Wildman–Crippen LogP) is 2.12. The summed E-state index contributed by atoms with van der Waals surface area (Å²) in [6.45, 7) is 3.78. The van der Waals surface area contributed by atoms with Gasteiger partial charge in [-0.15, -0.1) is 0 Å². The molecule has 0 amide bonds. The van der Waals surface area contributed by atoms with Crippen molar-refractivity contribution in [3.63, 3.8) is 0 Å². The summed E-state index contributed by atoms with van der Waals surface area (Å²) in [5.74, 6) is -1.75. The summed E-state index contributed by atoms with van der Waals surface area (Å²) in [5, 5.41) is 0. The van der Waals surface area contributed by atoms with Crippen LogP contribution in [0.3, 0.4) is 0 Å². The molecule has 80 valence electrons. The summed E-state index contributed by atoms with van der Waals surface area (Å²) in [6, 6.07) is 9.66.